The van der Waals surface area contributed by atoms with Crippen molar-refractivity contribution in [1.29, 1.82) is 0 Å². The number of hydrogen-bond donors (Lipinski definition) is 1. The number of pyridine rings is 1. The molecule has 1 amide bonds. The zero-order valence-corrected chi connectivity index (χ0v) is 14.7. The highest BCUT2D eigenvalue weighted by atomic mass is 79.9. The molecule has 1 heterocycles. The van der Waals surface area contributed by atoms with Crippen LogP contribution in [0.4, 0.5) is 10.1 Å². The number of hydrogen-bond acceptors (Lipinski definition) is 2. The summed E-state index contributed by atoms with van der Waals surface area (Å²) in [5, 5.41) is 2.70. The molecule has 0 unspecified atom stereocenters. The maximum absolute atomic E-state index is 13.3. The van der Waals surface area contributed by atoms with Crippen molar-refractivity contribution in [3.8, 4) is 0 Å². The van der Waals surface area contributed by atoms with Crippen molar-refractivity contribution in [3.63, 3.8) is 0 Å². The molecule has 0 bridgehead atoms. The lowest BCUT2D eigenvalue weighted by molar-refractivity contribution is 0.102. The van der Waals surface area contributed by atoms with Gasteiger partial charge in [0.05, 0.1) is 6.54 Å². The highest BCUT2D eigenvalue weighted by molar-refractivity contribution is 9.10. The van der Waals surface area contributed by atoms with Gasteiger partial charge in [0.1, 0.15) is 11.4 Å². The van der Waals surface area contributed by atoms with Gasteiger partial charge >= 0.3 is 0 Å². The summed E-state index contributed by atoms with van der Waals surface area (Å²) in [5.41, 5.74) is 0.823. The highest BCUT2D eigenvalue weighted by Gasteiger charge is 2.13. The number of nitrogens with one attached hydrogen (secondary N) is 1. The number of carbonyl (C=O) groups is 1. The number of halogens is 2. The maximum Gasteiger partial charge on any atom is 0.263 e. The van der Waals surface area contributed by atoms with E-state index >= 15 is 0 Å². The summed E-state index contributed by atoms with van der Waals surface area (Å²) in [7, 11) is 0. The third-order valence-electron chi connectivity index (χ3n) is 3.59. The number of anilines is 1. The average Bonchev–Trinajstić information content (AvgIpc) is 2.57. The summed E-state index contributed by atoms with van der Waals surface area (Å²) in [6.07, 6.45) is 1.57. The summed E-state index contributed by atoms with van der Waals surface area (Å²) < 4.78 is 15.5. The Hall–Kier alpha value is -2.73. The van der Waals surface area contributed by atoms with Gasteiger partial charge in [0.25, 0.3) is 11.5 Å². The van der Waals surface area contributed by atoms with Gasteiger partial charge in [0, 0.05) is 16.4 Å². The van der Waals surface area contributed by atoms with Gasteiger partial charge in [-0.15, -0.1) is 0 Å². The average molecular weight is 401 g/mol. The molecule has 126 valence electrons. The number of nitrogens with zero attached hydrogens (tertiary/aromatic N) is 1. The minimum absolute atomic E-state index is 0.0267. The van der Waals surface area contributed by atoms with Crippen LogP contribution in [0.1, 0.15) is 15.9 Å². The van der Waals surface area contributed by atoms with Gasteiger partial charge in [0.2, 0.25) is 0 Å². The zero-order valence-electron chi connectivity index (χ0n) is 13.1. The topological polar surface area (TPSA) is 51.1 Å². The van der Waals surface area contributed by atoms with Crippen LogP contribution < -0.4 is 10.9 Å². The predicted molar refractivity (Wildman–Crippen MR) is 98.3 cm³/mol. The minimum atomic E-state index is -0.489. The molecule has 0 atom stereocenters. The molecular weight excluding hydrogens is 387 g/mol. The first-order chi connectivity index (χ1) is 12.0. The normalized spacial score (nSPS) is 10.5. The second-order valence-electron chi connectivity index (χ2n) is 5.45. The van der Waals surface area contributed by atoms with Crippen LogP contribution in [0.3, 0.4) is 0 Å². The van der Waals surface area contributed by atoms with Crippen LogP contribution in [-0.4, -0.2) is 10.5 Å². The van der Waals surface area contributed by atoms with E-state index < -0.39 is 11.5 Å². The van der Waals surface area contributed by atoms with Crippen LogP contribution in [-0.2, 0) is 6.54 Å². The zero-order chi connectivity index (χ0) is 17.8. The summed E-state index contributed by atoms with van der Waals surface area (Å²) >= 11 is 3.33. The number of rotatable bonds is 4. The Balaban J connectivity index is 1.85. The highest BCUT2D eigenvalue weighted by Crippen LogP contribution is 2.16. The van der Waals surface area contributed by atoms with E-state index in [1.807, 2.05) is 6.07 Å². The predicted octanol–water partition coefficient (Wildman–Crippen LogP) is 4.05. The molecule has 0 aliphatic rings. The first-order valence-corrected chi connectivity index (χ1v) is 8.33. The molecular formula is C19H14BrFN2O2. The molecule has 0 fully saturated rings. The number of carbonyl (C=O) groups excluding carboxylic acids is 1. The first-order valence-electron chi connectivity index (χ1n) is 7.54. The van der Waals surface area contributed by atoms with Crippen LogP contribution in [0.15, 0.2) is 76.1 Å². The molecule has 1 N–H and O–H groups in total. The molecule has 2 aromatic carbocycles. The molecule has 25 heavy (non-hydrogen) atoms. The largest absolute Gasteiger partial charge is 0.322 e. The third-order valence-corrected chi connectivity index (χ3v) is 4.08. The Kier molecular flexibility index (Phi) is 5.09. The number of amides is 1. The smallest absolute Gasteiger partial charge is 0.263 e. The van der Waals surface area contributed by atoms with E-state index in [1.165, 1.54) is 22.8 Å². The lowest BCUT2D eigenvalue weighted by Gasteiger charge is -2.09. The fraction of sp³-hybridized carbons (Fsp3) is 0.0526. The minimum Gasteiger partial charge on any atom is -0.322 e. The summed E-state index contributed by atoms with van der Waals surface area (Å²) in [6.45, 7) is 0.189. The Morgan fingerprint density at radius 3 is 2.64 bits per heavy atom. The lowest BCUT2D eigenvalue weighted by Crippen LogP contribution is -2.29. The molecule has 6 heteroatoms. The Labute approximate surface area is 152 Å². The SMILES string of the molecule is O=C(Nc1cccc(Br)c1)c1cccn(Cc2cccc(F)c2)c1=O. The van der Waals surface area contributed by atoms with Gasteiger partial charge in [-0.25, -0.2) is 4.39 Å². The fourth-order valence-corrected chi connectivity index (χ4v) is 2.83. The van der Waals surface area contributed by atoms with Crippen molar-refractivity contribution in [2.75, 3.05) is 5.32 Å². The first kappa shape index (κ1) is 17.1. The number of benzene rings is 2. The van der Waals surface area contributed by atoms with E-state index in [2.05, 4.69) is 21.2 Å². The summed E-state index contributed by atoms with van der Waals surface area (Å²) in [6, 6.07) is 16.2. The molecule has 1 aromatic heterocycles. The molecule has 4 nitrogen and oxygen atoms in total. The van der Waals surface area contributed by atoms with E-state index in [4.69, 9.17) is 0 Å². The Bertz CT molecular complexity index is 985. The lowest BCUT2D eigenvalue weighted by atomic mass is 10.2. The van der Waals surface area contributed by atoms with Crippen molar-refractivity contribution in [2.45, 2.75) is 6.54 Å². The molecule has 0 radical (unpaired) electrons. The quantitative estimate of drug-likeness (QED) is 0.717. The van der Waals surface area contributed by atoms with Gasteiger partial charge in [0.15, 0.2) is 0 Å². The summed E-state index contributed by atoms with van der Waals surface area (Å²) in [5.74, 6) is -0.856. The van der Waals surface area contributed by atoms with Crippen molar-refractivity contribution in [1.82, 2.24) is 4.57 Å². The second-order valence-corrected chi connectivity index (χ2v) is 6.36. The molecule has 0 aliphatic carbocycles. The van der Waals surface area contributed by atoms with E-state index in [1.54, 1.807) is 42.6 Å². The van der Waals surface area contributed by atoms with Crippen LogP contribution >= 0.6 is 15.9 Å². The van der Waals surface area contributed by atoms with Crippen LogP contribution in [0, 0.1) is 5.82 Å². The second kappa shape index (κ2) is 7.44. The van der Waals surface area contributed by atoms with Crippen molar-refractivity contribution in [2.24, 2.45) is 0 Å². The molecule has 3 aromatic rings. The summed E-state index contributed by atoms with van der Waals surface area (Å²) in [4.78, 5) is 25.0. The monoisotopic (exact) mass is 400 g/mol. The Morgan fingerprint density at radius 2 is 1.88 bits per heavy atom. The third kappa shape index (κ3) is 4.22. The fourth-order valence-electron chi connectivity index (χ4n) is 2.43. The van der Waals surface area contributed by atoms with Crippen molar-refractivity contribution < 1.29 is 9.18 Å². The Morgan fingerprint density at radius 1 is 1.08 bits per heavy atom. The van der Waals surface area contributed by atoms with E-state index in [0.717, 1.165) is 4.47 Å². The van der Waals surface area contributed by atoms with Gasteiger partial charge in [-0.3, -0.25) is 9.59 Å². The maximum atomic E-state index is 13.3. The van der Waals surface area contributed by atoms with Crippen LogP contribution in [0.2, 0.25) is 0 Å². The van der Waals surface area contributed by atoms with Crippen LogP contribution in [0.25, 0.3) is 0 Å². The standard InChI is InChI=1S/C19H14BrFN2O2/c20-14-5-2-7-16(11-14)22-18(24)17-8-3-9-23(19(17)25)12-13-4-1-6-15(21)10-13/h1-11H,12H2,(H,22,24). The van der Waals surface area contributed by atoms with Crippen molar-refractivity contribution in [3.05, 3.63) is 98.6 Å². The van der Waals surface area contributed by atoms with Gasteiger partial charge < -0.3 is 9.88 Å². The molecule has 0 saturated carbocycles. The molecule has 0 spiro atoms. The van der Waals surface area contributed by atoms with Crippen LogP contribution in [0.5, 0.6) is 0 Å². The van der Waals surface area contributed by atoms with E-state index in [9.17, 15) is 14.0 Å². The molecule has 3 rings (SSSR count). The van der Waals surface area contributed by atoms with Gasteiger partial charge in [-0.1, -0.05) is 34.1 Å². The van der Waals surface area contributed by atoms with Gasteiger partial charge in [-0.05, 0) is 48.0 Å². The molecule has 0 aliphatic heterocycles. The van der Waals surface area contributed by atoms with Gasteiger partial charge in [-0.2, -0.15) is 0 Å². The van der Waals surface area contributed by atoms with E-state index in [0.29, 0.717) is 11.3 Å². The van der Waals surface area contributed by atoms with E-state index in [-0.39, 0.29) is 17.9 Å². The van der Waals surface area contributed by atoms with Crippen molar-refractivity contribution >= 4 is 27.5 Å². The molecule has 0 saturated heterocycles. The number of aromatic nitrogens is 1.